The first-order chi connectivity index (χ1) is 9.33. The van der Waals surface area contributed by atoms with Gasteiger partial charge in [-0.05, 0) is 37.6 Å². The number of hydrogen-bond acceptors (Lipinski definition) is 4. The van der Waals surface area contributed by atoms with Gasteiger partial charge in [-0.3, -0.25) is 4.72 Å². The standard InChI is InChI=1S/C13H15ClN2O2S2/c1-8-3-4-10(5-12(8)14)16-20(17,18)13-6-11(7-15)19-9(13)2/h3-6,16H,7,15H2,1-2H3. The molecule has 0 atom stereocenters. The summed E-state index contributed by atoms with van der Waals surface area (Å²) in [5.74, 6) is 0. The maximum Gasteiger partial charge on any atom is 0.263 e. The first-order valence-electron chi connectivity index (χ1n) is 5.92. The molecule has 0 spiro atoms. The van der Waals surface area contributed by atoms with Crippen molar-refractivity contribution >= 4 is 38.6 Å². The number of benzene rings is 1. The number of thiophene rings is 1. The van der Waals surface area contributed by atoms with E-state index in [0.29, 0.717) is 17.3 Å². The van der Waals surface area contributed by atoms with Crippen LogP contribution in [0.25, 0.3) is 0 Å². The molecule has 0 saturated heterocycles. The number of aryl methyl sites for hydroxylation is 2. The van der Waals surface area contributed by atoms with Gasteiger partial charge in [0.05, 0.1) is 5.69 Å². The molecule has 3 N–H and O–H groups in total. The zero-order chi connectivity index (χ0) is 14.9. The van der Waals surface area contributed by atoms with E-state index in [1.54, 1.807) is 31.2 Å². The minimum atomic E-state index is -3.62. The van der Waals surface area contributed by atoms with Gasteiger partial charge in [0.2, 0.25) is 0 Å². The number of halogens is 1. The Balaban J connectivity index is 2.35. The molecule has 4 nitrogen and oxygen atoms in total. The Morgan fingerprint density at radius 1 is 1.30 bits per heavy atom. The molecule has 0 aliphatic rings. The van der Waals surface area contributed by atoms with Crippen molar-refractivity contribution in [1.82, 2.24) is 0 Å². The molecule has 0 radical (unpaired) electrons. The minimum Gasteiger partial charge on any atom is -0.326 e. The van der Waals surface area contributed by atoms with Crippen molar-refractivity contribution in [2.45, 2.75) is 25.3 Å². The summed E-state index contributed by atoms with van der Waals surface area (Å²) < 4.78 is 27.3. The summed E-state index contributed by atoms with van der Waals surface area (Å²) in [7, 11) is -3.62. The van der Waals surface area contributed by atoms with Gasteiger partial charge >= 0.3 is 0 Å². The molecule has 0 amide bonds. The smallest absolute Gasteiger partial charge is 0.263 e. The fourth-order valence-corrected chi connectivity index (χ4v) is 4.50. The minimum absolute atomic E-state index is 0.264. The van der Waals surface area contributed by atoms with Gasteiger partial charge < -0.3 is 5.73 Å². The SMILES string of the molecule is Cc1ccc(NS(=O)(=O)c2cc(CN)sc2C)cc1Cl. The molecule has 20 heavy (non-hydrogen) atoms. The molecular formula is C13H15ClN2O2S2. The Morgan fingerprint density at radius 2 is 2.00 bits per heavy atom. The fraction of sp³-hybridized carbons (Fsp3) is 0.231. The normalized spacial score (nSPS) is 11.6. The van der Waals surface area contributed by atoms with Crippen LogP contribution in [0.15, 0.2) is 29.2 Å². The van der Waals surface area contributed by atoms with E-state index in [0.717, 1.165) is 15.3 Å². The zero-order valence-electron chi connectivity index (χ0n) is 11.1. The lowest BCUT2D eigenvalue weighted by molar-refractivity contribution is 0.601. The largest absolute Gasteiger partial charge is 0.326 e. The highest BCUT2D eigenvalue weighted by molar-refractivity contribution is 7.93. The van der Waals surface area contributed by atoms with E-state index < -0.39 is 10.0 Å². The van der Waals surface area contributed by atoms with E-state index in [9.17, 15) is 8.42 Å². The van der Waals surface area contributed by atoms with Gasteiger partial charge in [0.25, 0.3) is 10.0 Å². The van der Waals surface area contributed by atoms with E-state index in [1.165, 1.54) is 11.3 Å². The van der Waals surface area contributed by atoms with Crippen molar-refractivity contribution in [2.24, 2.45) is 5.73 Å². The fourth-order valence-electron chi connectivity index (χ4n) is 1.76. The molecule has 0 bridgehead atoms. The van der Waals surface area contributed by atoms with Gasteiger partial charge in [0.15, 0.2) is 0 Å². The lowest BCUT2D eigenvalue weighted by atomic mass is 10.2. The molecule has 2 aromatic rings. The monoisotopic (exact) mass is 330 g/mol. The molecule has 0 unspecified atom stereocenters. The van der Waals surface area contributed by atoms with Crippen molar-refractivity contribution in [3.8, 4) is 0 Å². The maximum atomic E-state index is 12.4. The van der Waals surface area contributed by atoms with Gasteiger partial charge in [-0.25, -0.2) is 8.42 Å². The molecule has 1 heterocycles. The van der Waals surface area contributed by atoms with Crippen LogP contribution in [-0.2, 0) is 16.6 Å². The summed E-state index contributed by atoms with van der Waals surface area (Å²) in [5.41, 5.74) is 6.88. The highest BCUT2D eigenvalue weighted by atomic mass is 35.5. The van der Waals surface area contributed by atoms with Crippen LogP contribution in [0.5, 0.6) is 0 Å². The molecule has 0 saturated carbocycles. The first-order valence-corrected chi connectivity index (χ1v) is 8.59. The maximum absolute atomic E-state index is 12.4. The summed E-state index contributed by atoms with van der Waals surface area (Å²) >= 11 is 7.38. The number of rotatable bonds is 4. The van der Waals surface area contributed by atoms with Crippen LogP contribution >= 0.6 is 22.9 Å². The summed E-state index contributed by atoms with van der Waals surface area (Å²) in [6, 6.07) is 6.66. The van der Waals surface area contributed by atoms with Crippen LogP contribution in [0.1, 0.15) is 15.3 Å². The van der Waals surface area contributed by atoms with Crippen LogP contribution in [0.2, 0.25) is 5.02 Å². The Labute approximate surface area is 127 Å². The quantitative estimate of drug-likeness (QED) is 0.903. The summed E-state index contributed by atoms with van der Waals surface area (Å²) in [5, 5.41) is 0.523. The summed E-state index contributed by atoms with van der Waals surface area (Å²) in [4.78, 5) is 1.82. The van der Waals surface area contributed by atoms with Crippen molar-refractivity contribution in [3.05, 3.63) is 44.6 Å². The van der Waals surface area contributed by atoms with Gasteiger partial charge in [0, 0.05) is 21.3 Å². The molecule has 108 valence electrons. The van der Waals surface area contributed by atoms with Gasteiger partial charge in [0.1, 0.15) is 4.90 Å². The number of nitrogens with two attached hydrogens (primary N) is 1. The second-order valence-electron chi connectivity index (χ2n) is 4.41. The Kier molecular flexibility index (Phi) is 4.39. The highest BCUT2D eigenvalue weighted by Gasteiger charge is 2.20. The lowest BCUT2D eigenvalue weighted by Crippen LogP contribution is -2.13. The van der Waals surface area contributed by atoms with Gasteiger partial charge in [-0.1, -0.05) is 17.7 Å². The van der Waals surface area contributed by atoms with Crippen LogP contribution in [0.4, 0.5) is 5.69 Å². The predicted octanol–water partition coefficient (Wildman–Crippen LogP) is 3.28. The van der Waals surface area contributed by atoms with E-state index in [-0.39, 0.29) is 4.90 Å². The third-order valence-electron chi connectivity index (χ3n) is 2.84. The van der Waals surface area contributed by atoms with Crippen LogP contribution in [0.3, 0.4) is 0 Å². The number of sulfonamides is 1. The van der Waals surface area contributed by atoms with E-state index in [1.807, 2.05) is 6.92 Å². The molecule has 7 heteroatoms. The summed E-state index contributed by atoms with van der Waals surface area (Å²) in [6.45, 7) is 3.95. The molecule has 0 aliphatic carbocycles. The molecule has 1 aromatic carbocycles. The third-order valence-corrected chi connectivity index (χ3v) is 5.95. The van der Waals surface area contributed by atoms with Crippen LogP contribution in [0, 0.1) is 13.8 Å². The molecular weight excluding hydrogens is 316 g/mol. The number of anilines is 1. The number of hydrogen-bond donors (Lipinski definition) is 2. The Hall–Kier alpha value is -1.08. The van der Waals surface area contributed by atoms with Crippen molar-refractivity contribution in [2.75, 3.05) is 4.72 Å². The molecule has 0 aliphatic heterocycles. The molecule has 1 aromatic heterocycles. The van der Waals surface area contributed by atoms with Crippen LogP contribution < -0.4 is 10.5 Å². The lowest BCUT2D eigenvalue weighted by Gasteiger charge is -2.08. The van der Waals surface area contributed by atoms with Gasteiger partial charge in [-0.2, -0.15) is 0 Å². The summed E-state index contributed by atoms with van der Waals surface area (Å²) in [6.07, 6.45) is 0. The third kappa shape index (κ3) is 3.15. The topological polar surface area (TPSA) is 72.2 Å². The van der Waals surface area contributed by atoms with Crippen molar-refractivity contribution in [1.29, 1.82) is 0 Å². The molecule has 0 fully saturated rings. The number of nitrogens with one attached hydrogen (secondary N) is 1. The Bertz CT molecular complexity index is 739. The average molecular weight is 331 g/mol. The van der Waals surface area contributed by atoms with E-state index >= 15 is 0 Å². The van der Waals surface area contributed by atoms with Crippen LogP contribution in [-0.4, -0.2) is 8.42 Å². The first kappa shape index (κ1) is 15.3. The predicted molar refractivity (Wildman–Crippen MR) is 83.9 cm³/mol. The zero-order valence-corrected chi connectivity index (χ0v) is 13.5. The second-order valence-corrected chi connectivity index (χ2v) is 7.81. The van der Waals surface area contributed by atoms with E-state index in [4.69, 9.17) is 17.3 Å². The second kappa shape index (κ2) is 5.73. The Morgan fingerprint density at radius 3 is 2.55 bits per heavy atom. The average Bonchev–Trinajstić information content (AvgIpc) is 2.76. The van der Waals surface area contributed by atoms with E-state index in [2.05, 4.69) is 4.72 Å². The van der Waals surface area contributed by atoms with Crippen molar-refractivity contribution in [3.63, 3.8) is 0 Å². The van der Waals surface area contributed by atoms with Gasteiger partial charge in [-0.15, -0.1) is 11.3 Å². The highest BCUT2D eigenvalue weighted by Crippen LogP contribution is 2.28. The molecule has 2 rings (SSSR count). The van der Waals surface area contributed by atoms with Crippen molar-refractivity contribution < 1.29 is 8.42 Å².